The third-order valence-electron chi connectivity index (χ3n) is 5.28. The Morgan fingerprint density at radius 2 is 1.97 bits per heavy atom. The number of carbonyl (C=O) groups excluding carboxylic acids is 2. The molecule has 1 amide bonds. The average molecular weight is 601 g/mol. The van der Waals surface area contributed by atoms with Gasteiger partial charge in [-0.05, 0) is 23.3 Å². The second kappa shape index (κ2) is 11.4. The fourth-order valence-corrected chi connectivity index (χ4v) is 5.76. The van der Waals surface area contributed by atoms with Gasteiger partial charge in [-0.25, -0.2) is 4.79 Å². The molecule has 0 spiro atoms. The van der Waals surface area contributed by atoms with E-state index in [1.54, 1.807) is 30.6 Å². The summed E-state index contributed by atoms with van der Waals surface area (Å²) in [5, 5.41) is -0.217. The maximum Gasteiger partial charge on any atom is 0.355 e. The molecule has 2 atom stereocenters. The molecule has 33 heavy (non-hydrogen) atoms. The summed E-state index contributed by atoms with van der Waals surface area (Å²) in [5.74, 6) is 1.20. The lowest BCUT2D eigenvalue weighted by Crippen LogP contribution is -3.00. The zero-order valence-electron chi connectivity index (χ0n) is 18.2. The molecule has 0 aliphatic carbocycles. The molecule has 0 radical (unpaired) electrons. The third kappa shape index (κ3) is 5.58. The highest BCUT2D eigenvalue weighted by molar-refractivity contribution is 8.01. The summed E-state index contributed by atoms with van der Waals surface area (Å²) in [5.41, 5.74) is 11.0. The molecule has 3 N–H and O–H groups in total. The van der Waals surface area contributed by atoms with E-state index < -0.39 is 12.0 Å². The maximum absolute atomic E-state index is 13.1. The summed E-state index contributed by atoms with van der Waals surface area (Å²) in [7, 11) is 3.44. The number of methoxy groups -OCH3 is 1. The number of thioether (sulfide) groups is 2. The second-order valence-electron chi connectivity index (χ2n) is 7.27. The number of carbonyl (C=O) groups is 2. The molecule has 2 aliphatic rings. The number of esters is 1. The fourth-order valence-electron chi connectivity index (χ4n) is 3.45. The smallest absolute Gasteiger partial charge is 0.355 e. The molecule has 2 aliphatic heterocycles. The number of nitrogens with two attached hydrogens (primary N) is 1. The summed E-state index contributed by atoms with van der Waals surface area (Å²) in [6, 6.07) is 10.7. The van der Waals surface area contributed by atoms with Crippen molar-refractivity contribution >= 4 is 35.4 Å². The topological polar surface area (TPSA) is 97.8 Å². The van der Waals surface area contributed by atoms with E-state index in [4.69, 9.17) is 15.2 Å². The molecule has 3 heterocycles. The Balaban J connectivity index is 0.00000306. The van der Waals surface area contributed by atoms with Gasteiger partial charge in [-0.2, -0.15) is 5.43 Å². The lowest BCUT2D eigenvalue weighted by Gasteiger charge is -2.48. The van der Waals surface area contributed by atoms with Crippen LogP contribution in [0.1, 0.15) is 5.56 Å². The number of β-lactam (4-membered cyclic amide) rings is 1. The fraction of sp³-hybridized carbons (Fsp3) is 0.318. The molecule has 8 nitrogen and oxygen atoms in total. The van der Waals surface area contributed by atoms with Gasteiger partial charge in [-0.15, -0.1) is 23.5 Å². The van der Waals surface area contributed by atoms with E-state index in [2.05, 4.69) is 5.43 Å². The number of rotatable bonds is 8. The van der Waals surface area contributed by atoms with Crippen LogP contribution in [-0.2, 0) is 20.9 Å². The van der Waals surface area contributed by atoms with Crippen LogP contribution in [0.2, 0.25) is 0 Å². The number of hydrogen-bond acceptors (Lipinski definition) is 8. The van der Waals surface area contributed by atoms with Crippen molar-refractivity contribution in [2.45, 2.75) is 22.9 Å². The number of amides is 1. The van der Waals surface area contributed by atoms with E-state index in [0.717, 1.165) is 21.8 Å². The lowest BCUT2D eigenvalue weighted by atomic mass is 10.0. The molecular weight excluding hydrogens is 575 g/mol. The lowest BCUT2D eigenvalue weighted by molar-refractivity contribution is -0.647. The monoisotopic (exact) mass is 600 g/mol. The van der Waals surface area contributed by atoms with Crippen molar-refractivity contribution in [3.05, 3.63) is 65.6 Å². The molecule has 11 heteroatoms. The van der Waals surface area contributed by atoms with Gasteiger partial charge >= 0.3 is 5.97 Å². The minimum atomic E-state index is -0.579. The van der Waals surface area contributed by atoms with E-state index >= 15 is 0 Å². The minimum absolute atomic E-state index is 0. The summed E-state index contributed by atoms with van der Waals surface area (Å²) < 4.78 is 12.6. The highest BCUT2D eigenvalue weighted by Crippen LogP contribution is 2.41. The van der Waals surface area contributed by atoms with Crippen molar-refractivity contribution < 1.29 is 47.7 Å². The molecule has 1 saturated heterocycles. The van der Waals surface area contributed by atoms with Crippen LogP contribution in [0.5, 0.6) is 5.75 Å². The SMILES string of the molecule is CN[n+]1ccc(SCC2=C(C(=O)OCc3ccc(OC)cc3)N3C(=O)[C@@H](N)[C@H]3SC2)cc1.[I-]. The molecular formula is C22H25IN4O4S2. The zero-order chi connectivity index (χ0) is 22.7. The average Bonchev–Trinajstić information content (AvgIpc) is 2.85. The van der Waals surface area contributed by atoms with Gasteiger partial charge < -0.3 is 39.2 Å². The van der Waals surface area contributed by atoms with Gasteiger partial charge in [-0.1, -0.05) is 16.8 Å². The molecule has 4 rings (SSSR count). The van der Waals surface area contributed by atoms with E-state index in [9.17, 15) is 9.59 Å². The summed E-state index contributed by atoms with van der Waals surface area (Å²) in [6.07, 6.45) is 3.84. The van der Waals surface area contributed by atoms with Crippen molar-refractivity contribution in [3.8, 4) is 5.75 Å². The van der Waals surface area contributed by atoms with Gasteiger partial charge in [0.15, 0.2) is 0 Å². The van der Waals surface area contributed by atoms with Crippen LogP contribution in [0.25, 0.3) is 0 Å². The van der Waals surface area contributed by atoms with Crippen LogP contribution in [-0.4, -0.2) is 53.9 Å². The number of ether oxygens (including phenoxy) is 2. The predicted molar refractivity (Wildman–Crippen MR) is 124 cm³/mol. The second-order valence-corrected chi connectivity index (χ2v) is 9.42. The number of nitrogens with zero attached hydrogens (tertiary/aromatic N) is 2. The number of nitrogens with one attached hydrogen (secondary N) is 1. The van der Waals surface area contributed by atoms with Gasteiger partial charge in [-0.3, -0.25) is 9.69 Å². The first-order chi connectivity index (χ1) is 15.5. The van der Waals surface area contributed by atoms with Gasteiger partial charge in [0, 0.05) is 28.5 Å². The Kier molecular flexibility index (Phi) is 8.90. The van der Waals surface area contributed by atoms with Crippen molar-refractivity contribution in [2.24, 2.45) is 5.73 Å². The van der Waals surface area contributed by atoms with Gasteiger partial charge in [0.05, 0.1) is 14.2 Å². The molecule has 1 aromatic carbocycles. The van der Waals surface area contributed by atoms with Crippen molar-refractivity contribution in [2.75, 3.05) is 31.1 Å². The number of hydrogen-bond donors (Lipinski definition) is 2. The van der Waals surface area contributed by atoms with Crippen LogP contribution < -0.4 is 44.5 Å². The predicted octanol–water partition coefficient (Wildman–Crippen LogP) is -1.51. The maximum atomic E-state index is 13.1. The number of aromatic nitrogens is 1. The number of halogens is 1. The molecule has 0 saturated carbocycles. The van der Waals surface area contributed by atoms with Crippen molar-refractivity contribution in [3.63, 3.8) is 0 Å². The third-order valence-corrected chi connectivity index (χ3v) is 7.74. The largest absolute Gasteiger partial charge is 1.00 e. The highest BCUT2D eigenvalue weighted by atomic mass is 127. The van der Waals surface area contributed by atoms with E-state index in [1.165, 1.54) is 4.90 Å². The Morgan fingerprint density at radius 3 is 2.61 bits per heavy atom. The quantitative estimate of drug-likeness (QED) is 0.124. The number of pyridine rings is 1. The van der Waals surface area contributed by atoms with Crippen molar-refractivity contribution in [1.82, 2.24) is 4.90 Å². The van der Waals surface area contributed by atoms with Crippen LogP contribution in [0.15, 0.2) is 65.0 Å². The molecule has 0 bridgehead atoms. The highest BCUT2D eigenvalue weighted by Gasteiger charge is 2.52. The summed E-state index contributed by atoms with van der Waals surface area (Å²) in [4.78, 5) is 28.1. The zero-order valence-corrected chi connectivity index (χ0v) is 22.0. The van der Waals surface area contributed by atoms with Crippen molar-refractivity contribution in [1.29, 1.82) is 0 Å². The first-order valence-electron chi connectivity index (χ1n) is 10.1. The summed E-state index contributed by atoms with van der Waals surface area (Å²) >= 11 is 3.20. The first kappa shape index (κ1) is 25.7. The molecule has 0 unspecified atom stereocenters. The van der Waals surface area contributed by atoms with E-state index in [0.29, 0.717) is 17.2 Å². The standard InChI is InChI=1S/C22H25N4O4S2.HI/c1-24-25-9-7-17(8-10-25)31-12-15-13-32-21-18(23)20(27)26(21)19(15)22(28)30-11-14-3-5-16(29-2)6-4-14;/h3-10,18,21,24H,11-13,23H2,1-2H3;1H/q+1;/p-1/t18-,21-;/m1./s1. The van der Waals surface area contributed by atoms with Crippen LogP contribution in [0, 0.1) is 0 Å². The van der Waals surface area contributed by atoms with Gasteiger partial charge in [0.2, 0.25) is 18.3 Å². The Bertz CT molecular complexity index is 1030. The first-order valence-corrected chi connectivity index (χ1v) is 12.1. The van der Waals surface area contributed by atoms with Gasteiger partial charge in [0.25, 0.3) is 0 Å². The number of fused-ring (bicyclic) bond motifs is 1. The van der Waals surface area contributed by atoms with Crippen LogP contribution in [0.3, 0.4) is 0 Å². The minimum Gasteiger partial charge on any atom is -1.00 e. The molecule has 1 fully saturated rings. The molecule has 176 valence electrons. The van der Waals surface area contributed by atoms with E-state index in [-0.39, 0.29) is 41.9 Å². The Hall–Kier alpha value is -1.96. The molecule has 2 aromatic rings. The van der Waals surface area contributed by atoms with Crippen LogP contribution in [0.4, 0.5) is 0 Å². The van der Waals surface area contributed by atoms with E-state index in [1.807, 2.05) is 60.5 Å². The Morgan fingerprint density at radius 1 is 1.27 bits per heavy atom. The van der Waals surface area contributed by atoms with Gasteiger partial charge in [0.1, 0.15) is 29.5 Å². The Labute approximate surface area is 218 Å². The number of benzene rings is 1. The van der Waals surface area contributed by atoms with Crippen LogP contribution >= 0.6 is 23.5 Å². The summed E-state index contributed by atoms with van der Waals surface area (Å²) in [6.45, 7) is 0.112. The normalized spacial score (nSPS) is 19.2. The molecule has 1 aromatic heterocycles.